The van der Waals surface area contributed by atoms with Gasteiger partial charge in [-0.2, -0.15) is 5.26 Å². The van der Waals surface area contributed by atoms with Crippen LogP contribution in [0, 0.1) is 11.3 Å². The number of amides is 1. The Kier molecular flexibility index (Phi) is 7.94. The van der Waals surface area contributed by atoms with Gasteiger partial charge in [-0.05, 0) is 54.4 Å². The van der Waals surface area contributed by atoms with Crippen LogP contribution in [0.1, 0.15) is 33.6 Å². The van der Waals surface area contributed by atoms with E-state index in [1.807, 2.05) is 11.0 Å². The number of primary amides is 1. The van der Waals surface area contributed by atoms with Gasteiger partial charge in [0, 0.05) is 31.1 Å². The van der Waals surface area contributed by atoms with Crippen LogP contribution in [0.15, 0.2) is 95.0 Å². The van der Waals surface area contributed by atoms with E-state index in [9.17, 15) is 13.2 Å². The van der Waals surface area contributed by atoms with E-state index < -0.39 is 28.0 Å². The Balaban J connectivity index is 1.29. The number of hydrogen-bond donors (Lipinski definition) is 2. The van der Waals surface area contributed by atoms with Crippen LogP contribution in [0.5, 0.6) is 0 Å². The van der Waals surface area contributed by atoms with Crippen LogP contribution < -0.4 is 16.0 Å². The first kappa shape index (κ1) is 27.7. The lowest BCUT2D eigenvalue weighted by Gasteiger charge is -2.36. The number of nitrogens with two attached hydrogens (primary N) is 1. The van der Waals surface area contributed by atoms with Crippen LogP contribution in [0.4, 0.5) is 15.9 Å². The molecule has 2 atom stereocenters. The highest BCUT2D eigenvalue weighted by atomic mass is 32.2. The van der Waals surface area contributed by atoms with Gasteiger partial charge < -0.3 is 16.0 Å². The predicted octanol–water partition coefficient (Wildman–Crippen LogP) is 3.90. The summed E-state index contributed by atoms with van der Waals surface area (Å²) in [6.45, 7) is 0.623. The molecule has 1 amide bonds. The number of benzene rings is 2. The van der Waals surface area contributed by atoms with Gasteiger partial charge in [0.25, 0.3) is 5.91 Å². The van der Waals surface area contributed by atoms with Crippen molar-refractivity contribution in [1.29, 1.82) is 5.26 Å². The molecular formula is C30H27FN6O3S. The zero-order chi connectivity index (χ0) is 29.0. The Morgan fingerprint density at radius 2 is 1.78 bits per heavy atom. The van der Waals surface area contributed by atoms with E-state index in [0.29, 0.717) is 42.1 Å². The average Bonchev–Trinajstić information content (AvgIpc) is 2.99. The molecule has 1 saturated heterocycles. The van der Waals surface area contributed by atoms with Crippen LogP contribution in [-0.4, -0.2) is 49.6 Å². The molecule has 0 spiro atoms. The molecule has 208 valence electrons. The van der Waals surface area contributed by atoms with Gasteiger partial charge in [0.15, 0.2) is 0 Å². The molecule has 1 aliphatic rings. The summed E-state index contributed by atoms with van der Waals surface area (Å²) in [6.07, 6.45) is 2.37. The predicted molar refractivity (Wildman–Crippen MR) is 152 cm³/mol. The van der Waals surface area contributed by atoms with Crippen LogP contribution in [0.2, 0.25) is 0 Å². The van der Waals surface area contributed by atoms with E-state index in [4.69, 9.17) is 11.0 Å². The number of hydrogen-bond acceptors (Lipinski definition) is 8. The number of carbonyl (C=O) groups is 1. The van der Waals surface area contributed by atoms with E-state index in [1.54, 1.807) is 72.8 Å². The molecule has 3 heterocycles. The fourth-order valence-electron chi connectivity index (χ4n) is 4.76. The van der Waals surface area contributed by atoms with E-state index in [0.717, 1.165) is 5.56 Å². The SMILES string of the molecule is N#Cc1ccc(N2CC[C@@H](Nc3cc(Cc4ccc(S(=O)(=O)c5ccccc5)cc4)ncc3C(N)=O)[C@@H](F)C2)nc1. The third-order valence-corrected chi connectivity index (χ3v) is 8.77. The average molecular weight is 571 g/mol. The summed E-state index contributed by atoms with van der Waals surface area (Å²) < 4.78 is 41.0. The number of piperidine rings is 1. The summed E-state index contributed by atoms with van der Waals surface area (Å²) in [5.41, 5.74) is 7.97. The third kappa shape index (κ3) is 6.18. The van der Waals surface area contributed by atoms with Crippen molar-refractivity contribution in [3.63, 3.8) is 0 Å². The monoisotopic (exact) mass is 570 g/mol. The Morgan fingerprint density at radius 3 is 2.41 bits per heavy atom. The maximum atomic E-state index is 15.3. The van der Waals surface area contributed by atoms with E-state index >= 15 is 4.39 Å². The normalized spacial score (nSPS) is 17.0. The molecule has 0 saturated carbocycles. The minimum absolute atomic E-state index is 0.0959. The molecule has 1 fully saturated rings. The van der Waals surface area contributed by atoms with Crippen LogP contribution in [-0.2, 0) is 16.3 Å². The molecule has 3 N–H and O–H groups in total. The Bertz CT molecular complexity index is 1690. The first-order valence-corrected chi connectivity index (χ1v) is 14.4. The fraction of sp³-hybridized carbons (Fsp3) is 0.200. The number of aromatic nitrogens is 2. The summed E-state index contributed by atoms with van der Waals surface area (Å²) in [5.74, 6) is -0.0895. The highest BCUT2D eigenvalue weighted by Crippen LogP contribution is 2.26. The first-order valence-electron chi connectivity index (χ1n) is 12.9. The van der Waals surface area contributed by atoms with E-state index in [2.05, 4.69) is 15.3 Å². The van der Waals surface area contributed by atoms with Gasteiger partial charge in [-0.3, -0.25) is 9.78 Å². The molecule has 0 aliphatic carbocycles. The number of pyridine rings is 2. The largest absolute Gasteiger partial charge is 0.378 e. The molecule has 2 aromatic carbocycles. The lowest BCUT2D eigenvalue weighted by atomic mass is 10.0. The second-order valence-electron chi connectivity index (χ2n) is 9.74. The van der Waals surface area contributed by atoms with Crippen molar-refractivity contribution < 1.29 is 17.6 Å². The molecule has 5 rings (SSSR count). The number of rotatable bonds is 8. The van der Waals surface area contributed by atoms with Crippen LogP contribution >= 0.6 is 0 Å². The zero-order valence-electron chi connectivity index (χ0n) is 21.9. The molecular weight excluding hydrogens is 543 g/mol. The van der Waals surface area contributed by atoms with E-state index in [1.165, 1.54) is 12.4 Å². The minimum atomic E-state index is -3.63. The molecule has 9 nitrogen and oxygen atoms in total. The maximum Gasteiger partial charge on any atom is 0.252 e. The van der Waals surface area contributed by atoms with Gasteiger partial charge in [0.2, 0.25) is 9.84 Å². The molecule has 11 heteroatoms. The van der Waals surface area contributed by atoms with Gasteiger partial charge in [-0.25, -0.2) is 17.8 Å². The molecule has 0 radical (unpaired) electrons. The molecule has 1 aliphatic heterocycles. The standard InChI is InChI=1S/C30H27FN6O3S/c31-26-19-37(29-11-8-21(16-32)17-35-29)13-12-27(26)36-28-15-22(34-18-25(28)30(33)38)14-20-6-9-24(10-7-20)41(39,40)23-4-2-1-3-5-23/h1-11,15,17-18,26-27H,12-14,19H2,(H2,33,38)(H,34,36)/t26-,27+/m0/s1. The Hall–Kier alpha value is -4.82. The lowest BCUT2D eigenvalue weighted by molar-refractivity contribution is 0.100. The summed E-state index contributed by atoms with van der Waals surface area (Å²) in [5, 5.41) is 12.1. The van der Waals surface area contributed by atoms with Crippen LogP contribution in [0.3, 0.4) is 0 Å². The fourth-order valence-corrected chi connectivity index (χ4v) is 6.04. The van der Waals surface area contributed by atoms with Gasteiger partial charge in [0.1, 0.15) is 18.1 Å². The van der Waals surface area contributed by atoms with Gasteiger partial charge >= 0.3 is 0 Å². The molecule has 2 aromatic heterocycles. The quantitative estimate of drug-likeness (QED) is 0.325. The number of sulfone groups is 1. The van der Waals surface area contributed by atoms with Gasteiger partial charge in [0.05, 0.1) is 39.2 Å². The molecule has 0 bridgehead atoms. The van der Waals surface area contributed by atoms with Crippen molar-refractivity contribution in [2.24, 2.45) is 5.73 Å². The molecule has 41 heavy (non-hydrogen) atoms. The molecule has 0 unspecified atom stereocenters. The Labute approximate surface area is 237 Å². The van der Waals surface area contributed by atoms with Crippen molar-refractivity contribution in [3.8, 4) is 6.07 Å². The van der Waals surface area contributed by atoms with Crippen molar-refractivity contribution in [3.05, 3.63) is 108 Å². The lowest BCUT2D eigenvalue weighted by Crippen LogP contribution is -2.48. The Morgan fingerprint density at radius 1 is 1.05 bits per heavy atom. The number of nitrogens with zero attached hydrogens (tertiary/aromatic N) is 4. The summed E-state index contributed by atoms with van der Waals surface area (Å²) in [4.78, 5) is 22.9. The van der Waals surface area contributed by atoms with Crippen LogP contribution in [0.25, 0.3) is 0 Å². The number of halogens is 1. The highest BCUT2D eigenvalue weighted by molar-refractivity contribution is 7.91. The van der Waals surface area contributed by atoms with Crippen molar-refractivity contribution in [2.45, 2.75) is 34.8 Å². The number of nitrogens with one attached hydrogen (secondary N) is 1. The number of anilines is 2. The topological polar surface area (TPSA) is 142 Å². The van der Waals surface area contributed by atoms with Crippen molar-refractivity contribution in [2.75, 3.05) is 23.3 Å². The number of alkyl halides is 1. The number of carbonyl (C=O) groups excluding carboxylic acids is 1. The summed E-state index contributed by atoms with van der Waals surface area (Å²) in [7, 11) is -3.63. The van der Waals surface area contributed by atoms with Crippen molar-refractivity contribution >= 4 is 27.2 Å². The number of nitriles is 1. The highest BCUT2D eigenvalue weighted by Gasteiger charge is 2.31. The van der Waals surface area contributed by atoms with E-state index in [-0.39, 0.29) is 21.9 Å². The second-order valence-corrected chi connectivity index (χ2v) is 11.7. The van der Waals surface area contributed by atoms with Gasteiger partial charge in [-0.1, -0.05) is 30.3 Å². The molecule has 4 aromatic rings. The first-order chi connectivity index (χ1) is 19.7. The summed E-state index contributed by atoms with van der Waals surface area (Å²) in [6, 6.07) is 21.2. The maximum absolute atomic E-state index is 15.3. The zero-order valence-corrected chi connectivity index (χ0v) is 22.8. The second kappa shape index (κ2) is 11.7. The third-order valence-electron chi connectivity index (χ3n) is 6.98. The van der Waals surface area contributed by atoms with Crippen molar-refractivity contribution in [1.82, 2.24) is 9.97 Å². The minimum Gasteiger partial charge on any atom is -0.378 e. The summed E-state index contributed by atoms with van der Waals surface area (Å²) >= 11 is 0. The smallest absolute Gasteiger partial charge is 0.252 e. The van der Waals surface area contributed by atoms with Gasteiger partial charge in [-0.15, -0.1) is 0 Å².